The third kappa shape index (κ3) is 4.81. The van der Waals surface area contributed by atoms with Crippen LogP contribution in [0.1, 0.15) is 36.8 Å². The summed E-state index contributed by atoms with van der Waals surface area (Å²) in [4.78, 5) is 9.11. The third-order valence-electron chi connectivity index (χ3n) is 5.46. The topological polar surface area (TPSA) is 64.0 Å². The van der Waals surface area contributed by atoms with Crippen molar-refractivity contribution in [3.8, 4) is 11.8 Å². The summed E-state index contributed by atoms with van der Waals surface area (Å²) in [5.74, 6) is 7.29. The Morgan fingerprint density at radius 1 is 1.23 bits per heavy atom. The van der Waals surface area contributed by atoms with Gasteiger partial charge in [0.15, 0.2) is 5.82 Å². The van der Waals surface area contributed by atoms with Crippen molar-refractivity contribution in [1.82, 2.24) is 19.9 Å². The molecule has 2 aromatic heterocycles. The predicted octanol–water partition coefficient (Wildman–Crippen LogP) is 3.49. The number of fused-ring (bicyclic) bond motifs is 1. The zero-order valence-corrected chi connectivity index (χ0v) is 17.7. The molecular formula is C24H29N5O. The SMILES string of the molecule is CCn1c(C#CCNc2ccnc(C)c2)nc2c(CNC3CCOCC3)cccc21. The summed E-state index contributed by atoms with van der Waals surface area (Å²) in [5.41, 5.74) is 5.43. The number of aryl methyl sites for hydroxylation is 2. The molecule has 1 saturated heterocycles. The highest BCUT2D eigenvalue weighted by Gasteiger charge is 2.15. The van der Waals surface area contributed by atoms with Gasteiger partial charge < -0.3 is 19.9 Å². The first-order valence-electron chi connectivity index (χ1n) is 10.7. The summed E-state index contributed by atoms with van der Waals surface area (Å²) in [6.45, 7) is 8.03. The van der Waals surface area contributed by atoms with Crippen LogP contribution in [-0.4, -0.2) is 40.3 Å². The van der Waals surface area contributed by atoms with Gasteiger partial charge in [0.05, 0.1) is 17.6 Å². The van der Waals surface area contributed by atoms with Crippen LogP contribution in [0.2, 0.25) is 0 Å². The van der Waals surface area contributed by atoms with Gasteiger partial charge >= 0.3 is 0 Å². The molecule has 156 valence electrons. The molecule has 0 radical (unpaired) electrons. The van der Waals surface area contributed by atoms with Gasteiger partial charge in [-0.25, -0.2) is 4.98 Å². The van der Waals surface area contributed by atoms with Gasteiger partial charge in [0.1, 0.15) is 0 Å². The number of nitrogens with zero attached hydrogens (tertiary/aromatic N) is 3. The normalized spacial score (nSPS) is 14.5. The number of rotatable bonds is 6. The second-order valence-corrected chi connectivity index (χ2v) is 7.57. The smallest absolute Gasteiger partial charge is 0.186 e. The summed E-state index contributed by atoms with van der Waals surface area (Å²) >= 11 is 0. The number of para-hydroxylation sites is 1. The number of pyridine rings is 1. The highest BCUT2D eigenvalue weighted by atomic mass is 16.5. The molecule has 2 N–H and O–H groups in total. The van der Waals surface area contributed by atoms with Crippen LogP contribution in [0.4, 0.5) is 5.69 Å². The summed E-state index contributed by atoms with van der Waals surface area (Å²) in [6, 6.07) is 10.9. The molecule has 4 rings (SSSR count). The molecule has 0 spiro atoms. The summed E-state index contributed by atoms with van der Waals surface area (Å²) in [6.07, 6.45) is 3.94. The van der Waals surface area contributed by atoms with Crippen LogP contribution < -0.4 is 10.6 Å². The standard InChI is InChI=1S/C24H29N5O/c1-3-29-22-7-4-6-19(17-27-20-10-14-30-15-11-20)24(22)28-23(29)8-5-12-26-21-9-13-25-18(2)16-21/h4,6-7,9,13,16,20,27H,3,10-12,14-15,17H2,1-2H3,(H,25,26). The van der Waals surface area contributed by atoms with Gasteiger partial charge in [-0.1, -0.05) is 18.1 Å². The lowest BCUT2D eigenvalue weighted by Crippen LogP contribution is -2.34. The Labute approximate surface area is 178 Å². The fraction of sp³-hybridized carbons (Fsp3) is 0.417. The van der Waals surface area contributed by atoms with E-state index in [2.05, 4.69) is 57.1 Å². The monoisotopic (exact) mass is 403 g/mol. The van der Waals surface area contributed by atoms with Crippen LogP contribution in [0.5, 0.6) is 0 Å². The van der Waals surface area contributed by atoms with Crippen LogP contribution in [-0.2, 0) is 17.8 Å². The largest absolute Gasteiger partial charge is 0.381 e. The molecule has 0 amide bonds. The maximum Gasteiger partial charge on any atom is 0.186 e. The van der Waals surface area contributed by atoms with Gasteiger partial charge in [0.2, 0.25) is 0 Å². The van der Waals surface area contributed by atoms with Gasteiger partial charge in [-0.15, -0.1) is 0 Å². The van der Waals surface area contributed by atoms with E-state index in [0.29, 0.717) is 12.6 Å². The third-order valence-corrected chi connectivity index (χ3v) is 5.46. The first kappa shape index (κ1) is 20.4. The zero-order chi connectivity index (χ0) is 20.8. The van der Waals surface area contributed by atoms with E-state index in [1.165, 1.54) is 5.56 Å². The fourth-order valence-corrected chi connectivity index (χ4v) is 3.84. The number of anilines is 1. The Bertz CT molecular complexity index is 1060. The van der Waals surface area contributed by atoms with Gasteiger partial charge in [0.25, 0.3) is 0 Å². The number of imidazole rings is 1. The Hall–Kier alpha value is -2.88. The molecule has 3 aromatic rings. The predicted molar refractivity (Wildman–Crippen MR) is 120 cm³/mol. The minimum Gasteiger partial charge on any atom is -0.381 e. The summed E-state index contributed by atoms with van der Waals surface area (Å²) < 4.78 is 7.65. The average molecular weight is 404 g/mol. The molecule has 0 saturated carbocycles. The Morgan fingerprint density at radius 2 is 2.10 bits per heavy atom. The van der Waals surface area contributed by atoms with Crippen LogP contribution in [0.25, 0.3) is 11.0 Å². The van der Waals surface area contributed by atoms with Crippen LogP contribution >= 0.6 is 0 Å². The van der Waals surface area contributed by atoms with Crippen molar-refractivity contribution in [2.24, 2.45) is 0 Å². The molecule has 0 atom stereocenters. The number of hydrogen-bond acceptors (Lipinski definition) is 5. The van der Waals surface area contributed by atoms with Crippen molar-refractivity contribution in [3.63, 3.8) is 0 Å². The highest BCUT2D eigenvalue weighted by molar-refractivity contribution is 5.80. The van der Waals surface area contributed by atoms with E-state index in [4.69, 9.17) is 9.72 Å². The molecule has 1 aliphatic heterocycles. The second-order valence-electron chi connectivity index (χ2n) is 7.57. The van der Waals surface area contributed by atoms with E-state index in [9.17, 15) is 0 Å². The molecule has 1 fully saturated rings. The van der Waals surface area contributed by atoms with E-state index in [1.54, 1.807) is 6.20 Å². The van der Waals surface area contributed by atoms with Crippen molar-refractivity contribution in [2.45, 2.75) is 45.8 Å². The molecule has 3 heterocycles. The molecule has 6 heteroatoms. The van der Waals surface area contributed by atoms with Crippen LogP contribution in [0.15, 0.2) is 36.5 Å². The number of ether oxygens (including phenoxy) is 1. The average Bonchev–Trinajstić information content (AvgIpc) is 3.14. The molecule has 0 unspecified atom stereocenters. The molecular weight excluding hydrogens is 374 g/mol. The number of benzene rings is 1. The van der Waals surface area contributed by atoms with Gasteiger partial charge in [-0.3, -0.25) is 4.98 Å². The molecule has 6 nitrogen and oxygen atoms in total. The van der Waals surface area contributed by atoms with Crippen molar-refractivity contribution in [2.75, 3.05) is 25.1 Å². The zero-order valence-electron chi connectivity index (χ0n) is 17.7. The first-order valence-corrected chi connectivity index (χ1v) is 10.7. The van der Waals surface area contributed by atoms with Gasteiger partial charge in [-0.2, -0.15) is 0 Å². The van der Waals surface area contributed by atoms with E-state index in [-0.39, 0.29) is 0 Å². The first-order chi connectivity index (χ1) is 14.7. The highest BCUT2D eigenvalue weighted by Crippen LogP contribution is 2.21. The van der Waals surface area contributed by atoms with Crippen LogP contribution in [0.3, 0.4) is 0 Å². The second kappa shape index (κ2) is 9.75. The van der Waals surface area contributed by atoms with Crippen molar-refractivity contribution in [1.29, 1.82) is 0 Å². The van der Waals surface area contributed by atoms with E-state index < -0.39 is 0 Å². The van der Waals surface area contributed by atoms with Gasteiger partial charge in [-0.05, 0) is 56.4 Å². The number of hydrogen-bond donors (Lipinski definition) is 2. The van der Waals surface area contributed by atoms with Crippen molar-refractivity contribution < 1.29 is 4.74 Å². The van der Waals surface area contributed by atoms with E-state index in [1.807, 2.05) is 19.1 Å². The lowest BCUT2D eigenvalue weighted by molar-refractivity contribution is 0.0776. The summed E-state index contributed by atoms with van der Waals surface area (Å²) in [7, 11) is 0. The minimum absolute atomic E-state index is 0.518. The number of aromatic nitrogens is 3. The summed E-state index contributed by atoms with van der Waals surface area (Å²) in [5, 5.41) is 7.00. The van der Waals surface area contributed by atoms with Crippen molar-refractivity contribution >= 4 is 16.7 Å². The lowest BCUT2D eigenvalue weighted by Gasteiger charge is -2.23. The Morgan fingerprint density at radius 3 is 2.90 bits per heavy atom. The Kier molecular flexibility index (Phi) is 6.63. The molecule has 0 aliphatic carbocycles. The van der Waals surface area contributed by atoms with E-state index in [0.717, 1.165) is 67.4 Å². The quantitative estimate of drug-likeness (QED) is 0.617. The van der Waals surface area contributed by atoms with Crippen LogP contribution in [0, 0.1) is 18.8 Å². The number of nitrogens with one attached hydrogen (secondary N) is 2. The van der Waals surface area contributed by atoms with E-state index >= 15 is 0 Å². The fourth-order valence-electron chi connectivity index (χ4n) is 3.84. The Balaban J connectivity index is 1.49. The minimum atomic E-state index is 0.518. The van der Waals surface area contributed by atoms with Crippen molar-refractivity contribution in [3.05, 3.63) is 53.6 Å². The maximum atomic E-state index is 5.46. The molecule has 1 aliphatic rings. The maximum absolute atomic E-state index is 5.46. The van der Waals surface area contributed by atoms with Gasteiger partial charge in [0, 0.05) is 49.9 Å². The molecule has 30 heavy (non-hydrogen) atoms. The molecule has 0 bridgehead atoms. The molecule has 1 aromatic carbocycles. The lowest BCUT2D eigenvalue weighted by atomic mass is 10.1.